The number of rotatable bonds is 6. The van der Waals surface area contributed by atoms with Gasteiger partial charge in [-0.2, -0.15) is 0 Å². The predicted octanol–water partition coefficient (Wildman–Crippen LogP) is 2.67. The molecule has 1 N–H and O–H groups in total. The Morgan fingerprint density at radius 1 is 1.27 bits per heavy atom. The molecule has 0 aromatic heterocycles. The zero-order valence-electron chi connectivity index (χ0n) is 16.3. The first kappa shape index (κ1) is 18.8. The third kappa shape index (κ3) is 5.01. The quantitative estimate of drug-likeness (QED) is 0.483. The molecular weight excluding hydrogens is 324 g/mol. The highest BCUT2D eigenvalue weighted by atomic mass is 16.5. The smallest absolute Gasteiger partial charge is 0.194 e. The lowest BCUT2D eigenvalue weighted by Crippen LogP contribution is -2.43. The van der Waals surface area contributed by atoms with E-state index in [1.807, 2.05) is 12.1 Å². The molecule has 1 saturated heterocycles. The molecule has 2 aliphatic rings. The molecule has 5 heteroatoms. The summed E-state index contributed by atoms with van der Waals surface area (Å²) in [6.45, 7) is 12.1. The van der Waals surface area contributed by atoms with E-state index in [4.69, 9.17) is 9.73 Å². The number of nitrogens with zero attached hydrogens (tertiary/aromatic N) is 3. The number of hydrogen-bond acceptors (Lipinski definition) is 3. The van der Waals surface area contributed by atoms with E-state index in [1.54, 1.807) is 0 Å². The van der Waals surface area contributed by atoms with Gasteiger partial charge in [-0.15, -0.1) is 0 Å². The molecule has 2 unspecified atom stereocenters. The van der Waals surface area contributed by atoms with E-state index in [2.05, 4.69) is 60.2 Å². The van der Waals surface area contributed by atoms with Gasteiger partial charge >= 0.3 is 0 Å². The first-order chi connectivity index (χ1) is 12.7. The van der Waals surface area contributed by atoms with Crippen molar-refractivity contribution in [1.82, 2.24) is 15.1 Å². The molecule has 26 heavy (non-hydrogen) atoms. The van der Waals surface area contributed by atoms with Gasteiger partial charge in [0.05, 0.1) is 6.54 Å². The number of aryl methyl sites for hydroxylation is 1. The lowest BCUT2D eigenvalue weighted by Gasteiger charge is -2.25. The molecule has 0 radical (unpaired) electrons. The first-order valence-electron chi connectivity index (χ1n) is 9.81. The lowest BCUT2D eigenvalue weighted by atomic mass is 10.2. The molecule has 0 saturated carbocycles. The van der Waals surface area contributed by atoms with Gasteiger partial charge in [-0.25, -0.2) is 4.99 Å². The van der Waals surface area contributed by atoms with Gasteiger partial charge in [-0.3, -0.25) is 4.90 Å². The number of hydrogen-bond donors (Lipinski definition) is 1. The Labute approximate surface area is 157 Å². The highest BCUT2D eigenvalue weighted by Crippen LogP contribution is 2.18. The van der Waals surface area contributed by atoms with E-state index in [1.165, 1.54) is 12.0 Å². The summed E-state index contributed by atoms with van der Waals surface area (Å²) in [6.07, 6.45) is 5.80. The van der Waals surface area contributed by atoms with Crippen molar-refractivity contribution in [1.29, 1.82) is 0 Å². The number of aliphatic imine (C=N–C) groups is 1. The van der Waals surface area contributed by atoms with E-state index in [0.717, 1.165) is 44.4 Å². The molecule has 0 bridgehead atoms. The van der Waals surface area contributed by atoms with Gasteiger partial charge < -0.3 is 15.0 Å². The Morgan fingerprint density at radius 3 is 2.69 bits per heavy atom. The van der Waals surface area contributed by atoms with E-state index >= 15 is 0 Å². The van der Waals surface area contributed by atoms with Gasteiger partial charge in [0.25, 0.3) is 0 Å². The van der Waals surface area contributed by atoms with Crippen molar-refractivity contribution in [2.75, 3.05) is 39.3 Å². The zero-order chi connectivity index (χ0) is 18.4. The molecule has 2 atom stereocenters. The van der Waals surface area contributed by atoms with Crippen LogP contribution in [0, 0.1) is 6.92 Å². The zero-order valence-corrected chi connectivity index (χ0v) is 16.3. The number of likely N-dealkylation sites (tertiary alicyclic amines) is 1. The third-order valence-electron chi connectivity index (χ3n) is 5.02. The molecule has 1 aromatic carbocycles. The Balaban J connectivity index is 1.54. The summed E-state index contributed by atoms with van der Waals surface area (Å²) >= 11 is 0. The summed E-state index contributed by atoms with van der Waals surface area (Å²) in [7, 11) is 0. The monoisotopic (exact) mass is 356 g/mol. The summed E-state index contributed by atoms with van der Waals surface area (Å²) in [6, 6.07) is 8.83. The van der Waals surface area contributed by atoms with E-state index in [0.29, 0.717) is 12.6 Å². The largest absolute Gasteiger partial charge is 0.489 e. The molecule has 142 valence electrons. The summed E-state index contributed by atoms with van der Waals surface area (Å²) in [5, 5.41) is 3.45. The van der Waals surface area contributed by atoms with E-state index < -0.39 is 0 Å². The van der Waals surface area contributed by atoms with Crippen molar-refractivity contribution in [3.05, 3.63) is 42.0 Å². The third-order valence-corrected chi connectivity index (χ3v) is 5.02. The predicted molar refractivity (Wildman–Crippen MR) is 108 cm³/mol. The van der Waals surface area contributed by atoms with Crippen molar-refractivity contribution in [3.8, 4) is 5.75 Å². The maximum atomic E-state index is 5.99. The maximum Gasteiger partial charge on any atom is 0.194 e. The summed E-state index contributed by atoms with van der Waals surface area (Å²) in [5.41, 5.74) is 1.24. The molecule has 5 nitrogen and oxygen atoms in total. The van der Waals surface area contributed by atoms with Crippen LogP contribution in [0.1, 0.15) is 25.8 Å². The van der Waals surface area contributed by atoms with Crippen molar-refractivity contribution < 1.29 is 4.74 Å². The van der Waals surface area contributed by atoms with Crippen LogP contribution in [0.25, 0.3) is 0 Å². The van der Waals surface area contributed by atoms with Crippen LogP contribution in [0.15, 0.2) is 41.4 Å². The number of guanidine groups is 1. The van der Waals surface area contributed by atoms with Crippen LogP contribution < -0.4 is 10.1 Å². The average molecular weight is 357 g/mol. The minimum Gasteiger partial charge on any atom is -0.489 e. The molecule has 3 rings (SSSR count). The normalized spacial score (nSPS) is 22.0. The van der Waals surface area contributed by atoms with Crippen molar-refractivity contribution >= 4 is 5.96 Å². The SMILES string of the molecule is CCNC(=NCC(C)Oc1ccc(C)cc1)N1CCC(N2CC=CC2)C1. The number of benzene rings is 1. The Morgan fingerprint density at radius 2 is 2.00 bits per heavy atom. The van der Waals surface area contributed by atoms with Crippen LogP contribution in [0.5, 0.6) is 5.75 Å². The van der Waals surface area contributed by atoms with Crippen molar-refractivity contribution in [3.63, 3.8) is 0 Å². The van der Waals surface area contributed by atoms with Crippen LogP contribution in [0.2, 0.25) is 0 Å². The van der Waals surface area contributed by atoms with Crippen LogP contribution in [-0.4, -0.2) is 67.2 Å². The topological polar surface area (TPSA) is 40.1 Å². The van der Waals surface area contributed by atoms with E-state index in [9.17, 15) is 0 Å². The van der Waals surface area contributed by atoms with Crippen LogP contribution in [0.3, 0.4) is 0 Å². The average Bonchev–Trinajstić information content (AvgIpc) is 3.32. The first-order valence-corrected chi connectivity index (χ1v) is 9.81. The van der Waals surface area contributed by atoms with Gasteiger partial charge in [0.2, 0.25) is 0 Å². The standard InChI is InChI=1S/C21H32N4O/c1-4-22-21(25-14-11-19(16-25)24-12-5-6-13-24)23-15-18(3)26-20-9-7-17(2)8-10-20/h5-10,18-19H,4,11-16H2,1-3H3,(H,22,23). The second-order valence-electron chi connectivity index (χ2n) is 7.25. The molecule has 0 spiro atoms. The van der Waals surface area contributed by atoms with Crippen LogP contribution >= 0.6 is 0 Å². The Kier molecular flexibility index (Phi) is 6.56. The van der Waals surface area contributed by atoms with Gasteiger partial charge in [0, 0.05) is 38.8 Å². The summed E-state index contributed by atoms with van der Waals surface area (Å²) in [5.74, 6) is 1.92. The minimum atomic E-state index is 0.0487. The highest BCUT2D eigenvalue weighted by molar-refractivity contribution is 5.80. The van der Waals surface area contributed by atoms with Gasteiger partial charge in [-0.1, -0.05) is 29.8 Å². The summed E-state index contributed by atoms with van der Waals surface area (Å²) < 4.78 is 5.99. The Hall–Kier alpha value is -2.01. The lowest BCUT2D eigenvalue weighted by molar-refractivity contribution is 0.229. The minimum absolute atomic E-state index is 0.0487. The molecule has 0 aliphatic carbocycles. The fourth-order valence-corrected chi connectivity index (χ4v) is 3.55. The van der Waals surface area contributed by atoms with Crippen LogP contribution in [0.4, 0.5) is 0 Å². The van der Waals surface area contributed by atoms with Gasteiger partial charge in [-0.05, 0) is 39.3 Å². The van der Waals surface area contributed by atoms with Crippen LogP contribution in [-0.2, 0) is 0 Å². The molecule has 2 aliphatic heterocycles. The summed E-state index contributed by atoms with van der Waals surface area (Å²) in [4.78, 5) is 9.78. The maximum absolute atomic E-state index is 5.99. The van der Waals surface area contributed by atoms with Crippen molar-refractivity contribution in [2.24, 2.45) is 4.99 Å². The van der Waals surface area contributed by atoms with E-state index in [-0.39, 0.29) is 6.10 Å². The number of nitrogens with one attached hydrogen (secondary N) is 1. The second-order valence-corrected chi connectivity index (χ2v) is 7.25. The fourth-order valence-electron chi connectivity index (χ4n) is 3.55. The molecule has 0 amide bonds. The molecular formula is C21H32N4O. The Bertz CT molecular complexity index is 617. The van der Waals surface area contributed by atoms with Gasteiger partial charge in [0.15, 0.2) is 5.96 Å². The second kappa shape index (κ2) is 9.08. The van der Waals surface area contributed by atoms with Crippen molar-refractivity contribution in [2.45, 2.75) is 39.3 Å². The number of ether oxygens (including phenoxy) is 1. The van der Waals surface area contributed by atoms with Gasteiger partial charge in [0.1, 0.15) is 11.9 Å². The molecule has 1 fully saturated rings. The molecule has 1 aromatic rings. The molecule has 2 heterocycles. The highest BCUT2D eigenvalue weighted by Gasteiger charge is 2.29. The fraction of sp³-hybridized carbons (Fsp3) is 0.571.